The van der Waals surface area contributed by atoms with Crippen LogP contribution in [-0.2, 0) is 0 Å². The Kier molecular flexibility index (Phi) is 1.13. The monoisotopic (exact) mass is 135 g/mol. The summed E-state index contributed by atoms with van der Waals surface area (Å²) in [6.07, 6.45) is 9.31. The predicted octanol–water partition coefficient (Wildman–Crippen LogP) is 1.83. The van der Waals surface area contributed by atoms with E-state index in [0.29, 0.717) is 5.41 Å². The summed E-state index contributed by atoms with van der Waals surface area (Å²) >= 11 is 0. The summed E-state index contributed by atoms with van der Waals surface area (Å²) in [4.78, 5) is 0. The van der Waals surface area contributed by atoms with Gasteiger partial charge < -0.3 is 5.32 Å². The van der Waals surface area contributed by atoms with Crippen LogP contribution in [0.4, 0.5) is 0 Å². The normalized spacial score (nSPS) is 27.1. The molecule has 0 amide bonds. The summed E-state index contributed by atoms with van der Waals surface area (Å²) in [7, 11) is 0. The maximum absolute atomic E-state index is 3.16. The van der Waals surface area contributed by atoms with Crippen LogP contribution in [0.1, 0.15) is 19.8 Å². The Morgan fingerprint density at radius 1 is 1.50 bits per heavy atom. The second-order valence-corrected chi connectivity index (χ2v) is 3.46. The molecule has 1 aliphatic heterocycles. The van der Waals surface area contributed by atoms with Crippen molar-refractivity contribution in [1.82, 2.24) is 5.32 Å². The van der Waals surface area contributed by atoms with Crippen LogP contribution >= 0.6 is 0 Å². The molecular weight excluding hydrogens is 122 g/mol. The Balaban J connectivity index is 2.17. The Labute approximate surface area is 61.8 Å². The minimum Gasteiger partial charge on any atom is -0.387 e. The van der Waals surface area contributed by atoms with Crippen molar-refractivity contribution in [1.29, 1.82) is 0 Å². The molecule has 10 heavy (non-hydrogen) atoms. The van der Waals surface area contributed by atoms with Crippen molar-refractivity contribution in [2.45, 2.75) is 19.8 Å². The molecule has 0 unspecified atom stereocenters. The van der Waals surface area contributed by atoms with Gasteiger partial charge in [0.05, 0.1) is 0 Å². The smallest absolute Gasteiger partial charge is 0.0331 e. The van der Waals surface area contributed by atoms with Gasteiger partial charge in [0.15, 0.2) is 0 Å². The van der Waals surface area contributed by atoms with Crippen LogP contribution in [0.2, 0.25) is 0 Å². The zero-order valence-electron chi connectivity index (χ0n) is 6.35. The molecule has 1 fully saturated rings. The van der Waals surface area contributed by atoms with Gasteiger partial charge in [0.2, 0.25) is 0 Å². The van der Waals surface area contributed by atoms with Gasteiger partial charge in [0.1, 0.15) is 0 Å². The molecule has 0 aromatic carbocycles. The molecule has 1 aliphatic carbocycles. The average Bonchev–Trinajstić information content (AvgIpc) is 2.72. The third kappa shape index (κ3) is 0.859. The summed E-state index contributed by atoms with van der Waals surface area (Å²) < 4.78 is 0. The molecule has 0 saturated heterocycles. The molecular formula is C9H13N. The highest BCUT2D eigenvalue weighted by Crippen LogP contribution is 2.51. The van der Waals surface area contributed by atoms with Crippen LogP contribution in [0.3, 0.4) is 0 Å². The summed E-state index contributed by atoms with van der Waals surface area (Å²) in [6.45, 7) is 3.36. The SMILES string of the molecule is CC1(C2=CCNC=C2)CC1. The number of rotatable bonds is 1. The van der Waals surface area contributed by atoms with E-state index in [9.17, 15) is 0 Å². The maximum Gasteiger partial charge on any atom is 0.0331 e. The lowest BCUT2D eigenvalue weighted by Crippen LogP contribution is -2.11. The average molecular weight is 135 g/mol. The van der Waals surface area contributed by atoms with E-state index in [1.165, 1.54) is 18.4 Å². The van der Waals surface area contributed by atoms with E-state index in [4.69, 9.17) is 0 Å². The molecule has 1 N–H and O–H groups in total. The summed E-state index contributed by atoms with van der Waals surface area (Å²) in [6, 6.07) is 0. The molecule has 54 valence electrons. The largest absolute Gasteiger partial charge is 0.387 e. The first-order valence-corrected chi connectivity index (χ1v) is 3.92. The summed E-state index contributed by atoms with van der Waals surface area (Å²) in [5.41, 5.74) is 2.09. The van der Waals surface area contributed by atoms with Crippen molar-refractivity contribution < 1.29 is 0 Å². The van der Waals surface area contributed by atoms with E-state index in [1.54, 1.807) is 0 Å². The van der Waals surface area contributed by atoms with Gasteiger partial charge in [-0.15, -0.1) is 0 Å². The highest BCUT2D eigenvalue weighted by molar-refractivity contribution is 5.32. The summed E-state index contributed by atoms with van der Waals surface area (Å²) in [5, 5.41) is 3.16. The molecule has 0 aromatic heterocycles. The Bertz CT molecular complexity index is 197. The quantitative estimate of drug-likeness (QED) is 0.578. The van der Waals surface area contributed by atoms with Gasteiger partial charge in [-0.1, -0.05) is 13.0 Å². The minimum absolute atomic E-state index is 0.554. The molecule has 1 saturated carbocycles. The van der Waals surface area contributed by atoms with Gasteiger partial charge in [-0.05, 0) is 36.1 Å². The maximum atomic E-state index is 3.16. The number of hydrogen-bond donors (Lipinski definition) is 1. The fourth-order valence-electron chi connectivity index (χ4n) is 1.38. The first-order chi connectivity index (χ1) is 4.81. The second kappa shape index (κ2) is 1.88. The number of allylic oxidation sites excluding steroid dienone is 2. The zero-order chi connectivity index (χ0) is 7.03. The van der Waals surface area contributed by atoms with E-state index >= 15 is 0 Å². The number of dihydropyridines is 1. The zero-order valence-corrected chi connectivity index (χ0v) is 6.35. The van der Waals surface area contributed by atoms with Crippen LogP contribution in [0.25, 0.3) is 0 Å². The van der Waals surface area contributed by atoms with Gasteiger partial charge in [-0.2, -0.15) is 0 Å². The molecule has 1 heterocycles. The van der Waals surface area contributed by atoms with Crippen LogP contribution in [0.5, 0.6) is 0 Å². The van der Waals surface area contributed by atoms with Crippen LogP contribution in [0.15, 0.2) is 23.9 Å². The summed E-state index contributed by atoms with van der Waals surface area (Å²) in [5.74, 6) is 0. The molecule has 0 atom stereocenters. The lowest BCUT2D eigenvalue weighted by atomic mass is 9.97. The van der Waals surface area contributed by atoms with E-state index in [1.807, 2.05) is 0 Å². The fraction of sp³-hybridized carbons (Fsp3) is 0.556. The molecule has 1 heteroatoms. The van der Waals surface area contributed by atoms with Gasteiger partial charge in [0.25, 0.3) is 0 Å². The highest BCUT2D eigenvalue weighted by Gasteiger charge is 2.39. The first kappa shape index (κ1) is 6.02. The highest BCUT2D eigenvalue weighted by atomic mass is 14.8. The third-order valence-electron chi connectivity index (χ3n) is 2.52. The van der Waals surface area contributed by atoms with E-state index in [2.05, 4.69) is 30.6 Å². The molecule has 0 radical (unpaired) electrons. The minimum atomic E-state index is 0.554. The second-order valence-electron chi connectivity index (χ2n) is 3.46. The molecule has 1 nitrogen and oxygen atoms in total. The van der Waals surface area contributed by atoms with Crippen molar-refractivity contribution in [3.8, 4) is 0 Å². The van der Waals surface area contributed by atoms with Gasteiger partial charge >= 0.3 is 0 Å². The van der Waals surface area contributed by atoms with Crippen molar-refractivity contribution >= 4 is 0 Å². The van der Waals surface area contributed by atoms with Gasteiger partial charge in [-0.25, -0.2) is 0 Å². The van der Waals surface area contributed by atoms with Crippen molar-refractivity contribution in [2.24, 2.45) is 5.41 Å². The Morgan fingerprint density at radius 3 is 2.80 bits per heavy atom. The molecule has 0 spiro atoms. The van der Waals surface area contributed by atoms with Crippen molar-refractivity contribution in [2.75, 3.05) is 6.54 Å². The van der Waals surface area contributed by atoms with Crippen molar-refractivity contribution in [3.05, 3.63) is 23.9 Å². The topological polar surface area (TPSA) is 12.0 Å². The first-order valence-electron chi connectivity index (χ1n) is 3.92. The van der Waals surface area contributed by atoms with Crippen LogP contribution in [0, 0.1) is 5.41 Å². The van der Waals surface area contributed by atoms with Crippen LogP contribution in [-0.4, -0.2) is 6.54 Å². The number of hydrogen-bond acceptors (Lipinski definition) is 1. The van der Waals surface area contributed by atoms with E-state index in [0.717, 1.165) is 6.54 Å². The third-order valence-corrected chi connectivity index (χ3v) is 2.52. The predicted molar refractivity (Wildman–Crippen MR) is 42.6 cm³/mol. The lowest BCUT2D eigenvalue weighted by molar-refractivity contribution is 0.695. The fourth-order valence-corrected chi connectivity index (χ4v) is 1.38. The Hall–Kier alpha value is -0.720. The van der Waals surface area contributed by atoms with E-state index < -0.39 is 0 Å². The van der Waals surface area contributed by atoms with Gasteiger partial charge in [-0.3, -0.25) is 0 Å². The Morgan fingerprint density at radius 2 is 2.30 bits per heavy atom. The molecule has 2 rings (SSSR count). The van der Waals surface area contributed by atoms with Crippen molar-refractivity contribution in [3.63, 3.8) is 0 Å². The number of nitrogens with one attached hydrogen (secondary N) is 1. The van der Waals surface area contributed by atoms with E-state index in [-0.39, 0.29) is 0 Å². The molecule has 0 aromatic rings. The van der Waals surface area contributed by atoms with Crippen LogP contribution < -0.4 is 5.32 Å². The molecule has 2 aliphatic rings. The van der Waals surface area contributed by atoms with Gasteiger partial charge in [0, 0.05) is 6.54 Å². The standard InChI is InChI=1S/C9H13N/c1-9(4-5-9)8-2-6-10-7-3-8/h2-3,6,10H,4-5,7H2,1H3. The molecule has 0 bridgehead atoms. The lowest BCUT2D eigenvalue weighted by Gasteiger charge is -2.13.